The van der Waals surface area contributed by atoms with Gasteiger partial charge >= 0.3 is 5.97 Å². The maximum atomic E-state index is 11.7. The minimum Gasteiger partial charge on any atom is -0.490 e. The van der Waals surface area contributed by atoms with Crippen LogP contribution in [0.15, 0.2) is 23.8 Å². The smallest absolute Gasteiger partial charge is 0.334 e. The summed E-state index contributed by atoms with van der Waals surface area (Å²) in [6.45, 7) is 2.60. The Hall–Kier alpha value is -1.97. The van der Waals surface area contributed by atoms with Crippen LogP contribution in [0.3, 0.4) is 0 Å². The lowest BCUT2D eigenvalue weighted by Crippen LogP contribution is -2.09. The minimum absolute atomic E-state index is 0.286. The molecule has 1 aromatic rings. The zero-order valence-electron chi connectivity index (χ0n) is 9.73. The Morgan fingerprint density at radius 1 is 1.53 bits per heavy atom. The molecule has 1 aliphatic rings. The van der Waals surface area contributed by atoms with Crippen molar-refractivity contribution in [3.63, 3.8) is 0 Å². The van der Waals surface area contributed by atoms with Gasteiger partial charge in [0, 0.05) is 17.6 Å². The monoisotopic (exact) mass is 233 g/mol. The summed E-state index contributed by atoms with van der Waals surface area (Å²) in [5.41, 5.74) is 7.85. The number of nitrogen functional groups attached to an aromatic ring is 1. The average molecular weight is 233 g/mol. The zero-order chi connectivity index (χ0) is 12.3. The predicted molar refractivity (Wildman–Crippen MR) is 65.6 cm³/mol. The molecule has 0 atom stereocenters. The van der Waals surface area contributed by atoms with Crippen LogP contribution in [-0.2, 0) is 9.53 Å². The molecule has 0 fully saturated rings. The molecule has 17 heavy (non-hydrogen) atoms. The number of benzene rings is 1. The van der Waals surface area contributed by atoms with Crippen molar-refractivity contribution in [1.29, 1.82) is 0 Å². The number of carbonyl (C=O) groups excluding carboxylic acids is 1. The maximum Gasteiger partial charge on any atom is 0.334 e. The van der Waals surface area contributed by atoms with E-state index in [1.807, 2.05) is 12.1 Å². The van der Waals surface area contributed by atoms with E-state index in [9.17, 15) is 4.79 Å². The second kappa shape index (κ2) is 4.91. The Kier molecular flexibility index (Phi) is 3.32. The van der Waals surface area contributed by atoms with Gasteiger partial charge in [-0.05, 0) is 19.1 Å². The molecule has 0 spiro atoms. The van der Waals surface area contributed by atoms with Crippen molar-refractivity contribution in [2.24, 2.45) is 0 Å². The third kappa shape index (κ3) is 2.41. The van der Waals surface area contributed by atoms with Gasteiger partial charge in [0.2, 0.25) is 0 Å². The molecule has 0 radical (unpaired) electrons. The van der Waals surface area contributed by atoms with E-state index in [-0.39, 0.29) is 5.97 Å². The summed E-state index contributed by atoms with van der Waals surface area (Å²) in [6, 6.07) is 5.49. The number of rotatable bonds is 2. The van der Waals surface area contributed by atoms with Crippen LogP contribution in [0.5, 0.6) is 5.75 Å². The van der Waals surface area contributed by atoms with E-state index in [0.717, 1.165) is 5.56 Å². The van der Waals surface area contributed by atoms with E-state index in [0.29, 0.717) is 36.6 Å². The number of fused-ring (bicyclic) bond motifs is 1. The molecule has 0 amide bonds. The summed E-state index contributed by atoms with van der Waals surface area (Å²) in [5.74, 6) is 0.359. The van der Waals surface area contributed by atoms with Gasteiger partial charge in [-0.3, -0.25) is 0 Å². The highest BCUT2D eigenvalue weighted by atomic mass is 16.5. The second-order valence-electron chi connectivity index (χ2n) is 3.75. The van der Waals surface area contributed by atoms with E-state index in [1.165, 1.54) is 0 Å². The van der Waals surface area contributed by atoms with Crippen LogP contribution in [0.2, 0.25) is 0 Å². The number of hydrogen-bond acceptors (Lipinski definition) is 4. The fraction of sp³-hybridized carbons (Fsp3) is 0.308. The highest BCUT2D eigenvalue weighted by molar-refractivity contribution is 5.94. The number of carbonyl (C=O) groups is 1. The topological polar surface area (TPSA) is 61.5 Å². The first-order chi connectivity index (χ1) is 8.22. The van der Waals surface area contributed by atoms with Gasteiger partial charge in [-0.15, -0.1) is 0 Å². The molecule has 90 valence electrons. The van der Waals surface area contributed by atoms with Gasteiger partial charge in [-0.25, -0.2) is 4.79 Å². The van der Waals surface area contributed by atoms with Crippen molar-refractivity contribution in [2.75, 3.05) is 18.9 Å². The molecule has 2 rings (SSSR count). The van der Waals surface area contributed by atoms with Gasteiger partial charge in [0.25, 0.3) is 0 Å². The van der Waals surface area contributed by atoms with Crippen molar-refractivity contribution < 1.29 is 14.3 Å². The Labute approximate surface area is 100 Å². The predicted octanol–water partition coefficient (Wildman–Crippen LogP) is 2.00. The fourth-order valence-corrected chi connectivity index (χ4v) is 1.76. The lowest BCUT2D eigenvalue weighted by molar-refractivity contribution is -0.138. The van der Waals surface area contributed by atoms with Crippen LogP contribution in [0.4, 0.5) is 5.69 Å². The van der Waals surface area contributed by atoms with E-state index in [1.54, 1.807) is 19.1 Å². The lowest BCUT2D eigenvalue weighted by Gasteiger charge is -2.08. The number of anilines is 1. The van der Waals surface area contributed by atoms with E-state index in [4.69, 9.17) is 15.2 Å². The van der Waals surface area contributed by atoms with Crippen LogP contribution in [0, 0.1) is 0 Å². The number of ether oxygens (including phenoxy) is 2. The van der Waals surface area contributed by atoms with Gasteiger partial charge in [0.15, 0.2) is 0 Å². The van der Waals surface area contributed by atoms with E-state index in [2.05, 4.69) is 0 Å². The van der Waals surface area contributed by atoms with Crippen LogP contribution < -0.4 is 10.5 Å². The number of nitrogens with two attached hydrogens (primary N) is 1. The van der Waals surface area contributed by atoms with E-state index >= 15 is 0 Å². The summed E-state index contributed by atoms with van der Waals surface area (Å²) in [5, 5.41) is 0. The first-order valence-electron chi connectivity index (χ1n) is 5.61. The van der Waals surface area contributed by atoms with Crippen molar-refractivity contribution >= 4 is 17.7 Å². The molecule has 0 bridgehead atoms. The molecule has 1 aliphatic heterocycles. The summed E-state index contributed by atoms with van der Waals surface area (Å²) in [6.07, 6.45) is 2.32. The van der Waals surface area contributed by atoms with Crippen LogP contribution in [0.1, 0.15) is 18.9 Å². The molecule has 1 aromatic carbocycles. The molecular formula is C13H15NO3. The van der Waals surface area contributed by atoms with Crippen molar-refractivity contribution in [3.8, 4) is 5.75 Å². The highest BCUT2D eigenvalue weighted by Gasteiger charge is 2.17. The molecular weight excluding hydrogens is 218 g/mol. The average Bonchev–Trinajstić information content (AvgIpc) is 2.52. The van der Waals surface area contributed by atoms with Gasteiger partial charge < -0.3 is 15.2 Å². The van der Waals surface area contributed by atoms with Crippen molar-refractivity contribution in [2.45, 2.75) is 13.3 Å². The normalized spacial score (nSPS) is 14.1. The van der Waals surface area contributed by atoms with Gasteiger partial charge in [0.05, 0.1) is 18.9 Å². The largest absolute Gasteiger partial charge is 0.490 e. The SMILES string of the molecule is CCOC(=O)C1=Cc2cccc(N)c2OCC1. The summed E-state index contributed by atoms with van der Waals surface area (Å²) >= 11 is 0. The summed E-state index contributed by atoms with van der Waals surface area (Å²) < 4.78 is 10.5. The van der Waals surface area contributed by atoms with Gasteiger partial charge in [-0.1, -0.05) is 12.1 Å². The fourth-order valence-electron chi connectivity index (χ4n) is 1.76. The number of hydrogen-bond donors (Lipinski definition) is 1. The third-order valence-electron chi connectivity index (χ3n) is 2.56. The molecule has 0 aliphatic carbocycles. The Balaban J connectivity index is 2.35. The maximum absolute atomic E-state index is 11.7. The first-order valence-corrected chi connectivity index (χ1v) is 5.61. The van der Waals surface area contributed by atoms with Crippen LogP contribution in [-0.4, -0.2) is 19.2 Å². The van der Waals surface area contributed by atoms with Crippen molar-refractivity contribution in [1.82, 2.24) is 0 Å². The quantitative estimate of drug-likeness (QED) is 0.627. The molecule has 4 heteroatoms. The highest BCUT2D eigenvalue weighted by Crippen LogP contribution is 2.31. The van der Waals surface area contributed by atoms with Gasteiger partial charge in [0.1, 0.15) is 5.75 Å². The number of para-hydroxylation sites is 1. The molecule has 2 N–H and O–H groups in total. The van der Waals surface area contributed by atoms with E-state index < -0.39 is 0 Å². The molecule has 0 aromatic heterocycles. The molecule has 1 heterocycles. The standard InChI is InChI=1S/C13H15NO3/c1-2-16-13(15)10-6-7-17-12-9(8-10)4-3-5-11(12)14/h3-5,8H,2,6-7,14H2,1H3. The minimum atomic E-state index is -0.286. The van der Waals surface area contributed by atoms with Gasteiger partial charge in [-0.2, -0.15) is 0 Å². The summed E-state index contributed by atoms with van der Waals surface area (Å²) in [4.78, 5) is 11.7. The molecule has 4 nitrogen and oxygen atoms in total. The first kappa shape index (κ1) is 11.5. The Bertz CT molecular complexity index is 466. The summed E-state index contributed by atoms with van der Waals surface area (Å²) in [7, 11) is 0. The molecule has 0 unspecified atom stereocenters. The molecule has 0 saturated heterocycles. The number of esters is 1. The zero-order valence-corrected chi connectivity index (χ0v) is 9.73. The lowest BCUT2D eigenvalue weighted by atomic mass is 10.1. The Morgan fingerprint density at radius 2 is 2.35 bits per heavy atom. The van der Waals surface area contributed by atoms with Crippen molar-refractivity contribution in [3.05, 3.63) is 29.3 Å². The Morgan fingerprint density at radius 3 is 3.12 bits per heavy atom. The molecule has 0 saturated carbocycles. The van der Waals surface area contributed by atoms with Crippen LogP contribution in [0.25, 0.3) is 6.08 Å². The second-order valence-corrected chi connectivity index (χ2v) is 3.75. The van der Waals surface area contributed by atoms with Crippen LogP contribution >= 0.6 is 0 Å². The third-order valence-corrected chi connectivity index (χ3v) is 2.56.